The van der Waals surface area contributed by atoms with Gasteiger partial charge in [0, 0.05) is 18.8 Å². The van der Waals surface area contributed by atoms with Crippen molar-refractivity contribution in [3.8, 4) is 0 Å². The predicted molar refractivity (Wildman–Crippen MR) is 81.5 cm³/mol. The first kappa shape index (κ1) is 15.9. The highest BCUT2D eigenvalue weighted by Crippen LogP contribution is 2.22. The van der Waals surface area contributed by atoms with Gasteiger partial charge in [0.15, 0.2) is 0 Å². The van der Waals surface area contributed by atoms with Gasteiger partial charge in [0.25, 0.3) is 0 Å². The molecule has 1 saturated heterocycles. The molecule has 0 aromatic carbocycles. The van der Waals surface area contributed by atoms with Gasteiger partial charge < -0.3 is 9.64 Å². The van der Waals surface area contributed by atoms with Crippen LogP contribution in [0.1, 0.15) is 33.6 Å². The van der Waals surface area contributed by atoms with E-state index >= 15 is 0 Å². The topological polar surface area (TPSA) is 59.5 Å². The van der Waals surface area contributed by atoms with Crippen LogP contribution >= 0.6 is 0 Å². The summed E-state index contributed by atoms with van der Waals surface area (Å²) in [4.78, 5) is 18.0. The Kier molecular flexibility index (Phi) is 4.98. The smallest absolute Gasteiger partial charge is 0.410 e. The van der Waals surface area contributed by atoms with Gasteiger partial charge in [-0.15, -0.1) is 0 Å². The van der Waals surface area contributed by atoms with E-state index in [-0.39, 0.29) is 12.1 Å². The summed E-state index contributed by atoms with van der Waals surface area (Å²) in [7, 11) is -1.19. The summed E-state index contributed by atoms with van der Waals surface area (Å²) >= 11 is 0. The Balaban J connectivity index is 1.99. The molecule has 0 spiro atoms. The lowest BCUT2D eigenvalue weighted by Gasteiger charge is -2.28. The van der Waals surface area contributed by atoms with Crippen molar-refractivity contribution in [1.82, 2.24) is 9.88 Å². The number of carbonyl (C=O) groups excluding carboxylic acids is 1. The largest absolute Gasteiger partial charge is 0.444 e. The van der Waals surface area contributed by atoms with Gasteiger partial charge in [-0.05, 0) is 45.7 Å². The Bertz CT molecular complexity index is 513. The van der Waals surface area contributed by atoms with Crippen LogP contribution in [-0.4, -0.2) is 44.1 Å². The van der Waals surface area contributed by atoms with Crippen LogP contribution in [0.3, 0.4) is 0 Å². The maximum absolute atomic E-state index is 12.3. The van der Waals surface area contributed by atoms with Gasteiger partial charge in [0.1, 0.15) is 10.6 Å². The minimum absolute atomic E-state index is 0.0392. The summed E-state index contributed by atoms with van der Waals surface area (Å²) in [6.45, 7) is 6.21. The van der Waals surface area contributed by atoms with Gasteiger partial charge in [-0.1, -0.05) is 6.07 Å². The number of nitrogens with zero attached hydrogens (tertiary/aromatic N) is 2. The Morgan fingerprint density at radius 3 is 2.86 bits per heavy atom. The van der Waals surface area contributed by atoms with Crippen LogP contribution in [0.25, 0.3) is 0 Å². The van der Waals surface area contributed by atoms with Crippen molar-refractivity contribution in [2.45, 2.75) is 50.3 Å². The number of amides is 1. The molecule has 2 atom stereocenters. The average Bonchev–Trinajstić information content (AvgIpc) is 2.86. The van der Waals surface area contributed by atoms with Gasteiger partial charge in [-0.3, -0.25) is 4.21 Å². The summed E-state index contributed by atoms with van der Waals surface area (Å²) < 4.78 is 17.7. The fourth-order valence-electron chi connectivity index (χ4n) is 2.31. The van der Waals surface area contributed by atoms with Gasteiger partial charge >= 0.3 is 6.09 Å². The fourth-order valence-corrected chi connectivity index (χ4v) is 3.59. The van der Waals surface area contributed by atoms with Crippen LogP contribution in [0.4, 0.5) is 4.79 Å². The van der Waals surface area contributed by atoms with Gasteiger partial charge in [-0.25, -0.2) is 9.78 Å². The number of pyridine rings is 1. The SMILES string of the molecule is CC(C)(C)OC(=O)N1CCC[C@@H]1C[S@](=O)c1ccccn1. The highest BCUT2D eigenvalue weighted by molar-refractivity contribution is 7.85. The van der Waals surface area contributed by atoms with Crippen LogP contribution in [-0.2, 0) is 15.5 Å². The highest BCUT2D eigenvalue weighted by atomic mass is 32.2. The molecule has 0 saturated carbocycles. The number of rotatable bonds is 3. The summed E-state index contributed by atoms with van der Waals surface area (Å²) in [5.41, 5.74) is -0.510. The molecule has 5 nitrogen and oxygen atoms in total. The molecule has 21 heavy (non-hydrogen) atoms. The van der Waals surface area contributed by atoms with Crippen molar-refractivity contribution < 1.29 is 13.7 Å². The Labute approximate surface area is 128 Å². The second-order valence-corrected chi connectivity index (χ2v) is 7.59. The lowest BCUT2D eigenvalue weighted by atomic mass is 10.2. The molecule has 1 amide bonds. The molecule has 1 aromatic rings. The lowest BCUT2D eigenvalue weighted by molar-refractivity contribution is 0.0241. The third-order valence-corrected chi connectivity index (χ3v) is 4.62. The quantitative estimate of drug-likeness (QED) is 0.861. The van der Waals surface area contributed by atoms with E-state index in [4.69, 9.17) is 4.74 Å². The van der Waals surface area contributed by atoms with E-state index in [2.05, 4.69) is 4.98 Å². The highest BCUT2D eigenvalue weighted by Gasteiger charge is 2.33. The Hall–Kier alpha value is -1.43. The summed E-state index contributed by atoms with van der Waals surface area (Å²) in [5.74, 6) is 0.413. The number of aromatic nitrogens is 1. The molecule has 1 aromatic heterocycles. The normalized spacial score (nSPS) is 20.3. The number of hydrogen-bond donors (Lipinski definition) is 0. The molecule has 0 radical (unpaired) electrons. The minimum atomic E-state index is -1.19. The Morgan fingerprint density at radius 1 is 1.48 bits per heavy atom. The monoisotopic (exact) mass is 310 g/mol. The molecule has 1 aliphatic heterocycles. The number of hydrogen-bond acceptors (Lipinski definition) is 4. The zero-order chi connectivity index (χ0) is 15.5. The zero-order valence-corrected chi connectivity index (χ0v) is 13.6. The fraction of sp³-hybridized carbons (Fsp3) is 0.600. The molecule has 0 unspecified atom stereocenters. The van der Waals surface area contributed by atoms with E-state index < -0.39 is 16.4 Å². The molecule has 116 valence electrons. The number of ether oxygens (including phenoxy) is 1. The van der Waals surface area contributed by atoms with E-state index in [1.165, 1.54) is 0 Å². The van der Waals surface area contributed by atoms with Gasteiger partial charge in [0.2, 0.25) is 0 Å². The molecular formula is C15H22N2O3S. The first-order valence-corrected chi connectivity index (χ1v) is 8.48. The van der Waals surface area contributed by atoms with Crippen molar-refractivity contribution in [2.75, 3.05) is 12.3 Å². The van der Waals surface area contributed by atoms with Crippen LogP contribution in [0.15, 0.2) is 29.4 Å². The minimum Gasteiger partial charge on any atom is -0.444 e. The first-order chi connectivity index (χ1) is 9.87. The molecule has 1 fully saturated rings. The van der Waals surface area contributed by atoms with Crippen molar-refractivity contribution in [3.05, 3.63) is 24.4 Å². The third-order valence-electron chi connectivity index (χ3n) is 3.22. The molecule has 0 bridgehead atoms. The summed E-state index contributed by atoms with van der Waals surface area (Å²) in [5, 5.41) is 0.563. The van der Waals surface area contributed by atoms with Crippen LogP contribution < -0.4 is 0 Å². The average molecular weight is 310 g/mol. The Morgan fingerprint density at radius 2 is 2.24 bits per heavy atom. The predicted octanol–water partition coefficient (Wildman–Crippen LogP) is 2.59. The molecule has 0 aliphatic carbocycles. The molecule has 1 aliphatic rings. The first-order valence-electron chi connectivity index (χ1n) is 7.16. The van der Waals surface area contributed by atoms with Crippen LogP contribution in [0, 0.1) is 0 Å². The summed E-state index contributed by atoms with van der Waals surface area (Å²) in [6.07, 6.45) is 3.09. The standard InChI is InChI=1S/C15H22N2O3S/c1-15(2,3)20-14(18)17-10-6-7-12(17)11-21(19)13-8-4-5-9-16-13/h4-5,8-9,12H,6-7,10-11H2,1-3H3/t12-,21+/m1/s1. The van der Waals surface area contributed by atoms with Crippen molar-refractivity contribution in [2.24, 2.45) is 0 Å². The van der Waals surface area contributed by atoms with Crippen molar-refractivity contribution in [3.63, 3.8) is 0 Å². The molecular weight excluding hydrogens is 288 g/mol. The van der Waals surface area contributed by atoms with E-state index in [9.17, 15) is 9.00 Å². The van der Waals surface area contributed by atoms with Crippen LogP contribution in [0.2, 0.25) is 0 Å². The maximum atomic E-state index is 12.3. The van der Waals surface area contributed by atoms with Crippen molar-refractivity contribution in [1.29, 1.82) is 0 Å². The third kappa shape index (κ3) is 4.52. The lowest BCUT2D eigenvalue weighted by Crippen LogP contribution is -2.42. The molecule has 2 heterocycles. The van der Waals surface area contributed by atoms with E-state index in [1.54, 1.807) is 23.2 Å². The van der Waals surface area contributed by atoms with Crippen LogP contribution in [0.5, 0.6) is 0 Å². The summed E-state index contributed by atoms with van der Waals surface area (Å²) in [6, 6.07) is 5.33. The molecule has 6 heteroatoms. The van der Waals surface area contributed by atoms with E-state index in [0.717, 1.165) is 12.8 Å². The van der Waals surface area contributed by atoms with Crippen molar-refractivity contribution >= 4 is 16.9 Å². The number of carbonyl (C=O) groups is 1. The molecule has 2 rings (SSSR count). The number of likely N-dealkylation sites (tertiary alicyclic amines) is 1. The second-order valence-electron chi connectivity index (χ2n) is 6.15. The molecule has 0 N–H and O–H groups in total. The van der Waals surface area contributed by atoms with E-state index in [0.29, 0.717) is 17.3 Å². The van der Waals surface area contributed by atoms with Gasteiger partial charge in [-0.2, -0.15) is 0 Å². The second kappa shape index (κ2) is 6.56. The van der Waals surface area contributed by atoms with E-state index in [1.807, 2.05) is 26.8 Å². The van der Waals surface area contributed by atoms with Gasteiger partial charge in [0.05, 0.1) is 16.6 Å². The maximum Gasteiger partial charge on any atom is 0.410 e. The zero-order valence-electron chi connectivity index (χ0n) is 12.7.